The van der Waals surface area contributed by atoms with Crippen LogP contribution in [0.4, 0.5) is 0 Å². The molecule has 0 aromatic carbocycles. The molecule has 7 heteroatoms. The van der Waals surface area contributed by atoms with Crippen molar-refractivity contribution in [3.8, 4) is 0 Å². The highest BCUT2D eigenvalue weighted by atomic mass is 16.6. The second-order valence-corrected chi connectivity index (χ2v) is 7.91. The van der Waals surface area contributed by atoms with Crippen molar-refractivity contribution in [1.29, 1.82) is 0 Å². The zero-order chi connectivity index (χ0) is 20.6. The third kappa shape index (κ3) is 3.39. The van der Waals surface area contributed by atoms with Crippen molar-refractivity contribution in [3.63, 3.8) is 0 Å². The Morgan fingerprint density at radius 3 is 2.71 bits per heavy atom. The molecular weight excluding hydrogens is 364 g/mol. The largest absolute Gasteiger partial charge is 0.461 e. The molecule has 4 atom stereocenters. The lowest BCUT2D eigenvalue weighted by molar-refractivity contribution is -0.155. The average Bonchev–Trinajstić information content (AvgIpc) is 2.94. The highest BCUT2D eigenvalue weighted by Gasteiger charge is 2.56. The number of carbonyl (C=O) groups is 3. The molecule has 0 aromatic rings. The lowest BCUT2D eigenvalue weighted by Crippen LogP contribution is -2.49. The van der Waals surface area contributed by atoms with E-state index in [1.807, 2.05) is 6.92 Å². The van der Waals surface area contributed by atoms with Crippen LogP contribution < -0.4 is 0 Å². The molecular formula is C21H26O7. The molecule has 2 aliphatic carbocycles. The zero-order valence-corrected chi connectivity index (χ0v) is 16.3. The molecule has 1 saturated heterocycles. The van der Waals surface area contributed by atoms with Crippen molar-refractivity contribution < 1.29 is 33.7 Å². The fourth-order valence-corrected chi connectivity index (χ4v) is 4.61. The molecule has 152 valence electrons. The van der Waals surface area contributed by atoms with E-state index in [2.05, 4.69) is 13.2 Å². The van der Waals surface area contributed by atoms with Crippen LogP contribution in [0.2, 0.25) is 0 Å². The highest BCUT2D eigenvalue weighted by molar-refractivity contribution is 5.91. The first kappa shape index (κ1) is 20.3. The molecule has 3 rings (SSSR count). The van der Waals surface area contributed by atoms with E-state index in [0.717, 1.165) is 11.1 Å². The van der Waals surface area contributed by atoms with Crippen LogP contribution >= 0.6 is 0 Å². The Kier molecular flexibility index (Phi) is 5.48. The topological polar surface area (TPSA) is 99.1 Å². The second-order valence-electron chi connectivity index (χ2n) is 7.91. The third-order valence-corrected chi connectivity index (χ3v) is 6.16. The number of fused-ring (bicyclic) bond motifs is 3. The SMILES string of the molecule is C=C(CO)C(=O)OC1CCC(COC(C)=O)=C2C3OC(=O)C(=C)C3CCC21C. The maximum atomic E-state index is 12.2. The fourth-order valence-electron chi connectivity index (χ4n) is 4.61. The molecule has 2 fully saturated rings. The van der Waals surface area contributed by atoms with Gasteiger partial charge in [0.25, 0.3) is 0 Å². The van der Waals surface area contributed by atoms with E-state index in [1.165, 1.54) is 6.92 Å². The van der Waals surface area contributed by atoms with Crippen LogP contribution in [-0.4, -0.2) is 48.4 Å². The maximum Gasteiger partial charge on any atom is 0.336 e. The minimum Gasteiger partial charge on any atom is -0.461 e. The van der Waals surface area contributed by atoms with Crippen LogP contribution in [-0.2, 0) is 28.6 Å². The van der Waals surface area contributed by atoms with Crippen molar-refractivity contribution in [2.45, 2.75) is 51.7 Å². The van der Waals surface area contributed by atoms with Gasteiger partial charge in [-0.2, -0.15) is 0 Å². The molecule has 1 saturated carbocycles. The number of hydrogen-bond donors (Lipinski definition) is 1. The van der Waals surface area contributed by atoms with Crippen LogP contribution in [0.5, 0.6) is 0 Å². The fraction of sp³-hybridized carbons (Fsp3) is 0.571. The standard InChI is InChI=1S/C21H26O7/c1-11(9-22)19(24)27-16-6-5-14(10-26-13(3)23)17-18-15(7-8-21(16,17)4)12(2)20(25)28-18/h15-16,18,22H,1-2,5-10H2,3-4H3. The van der Waals surface area contributed by atoms with Gasteiger partial charge in [0.05, 0.1) is 12.2 Å². The van der Waals surface area contributed by atoms with Gasteiger partial charge in [-0.25, -0.2) is 9.59 Å². The number of ether oxygens (including phenoxy) is 3. The van der Waals surface area contributed by atoms with Gasteiger partial charge in [0.15, 0.2) is 0 Å². The molecule has 0 spiro atoms. The Hall–Kier alpha value is -2.41. The molecule has 0 bridgehead atoms. The summed E-state index contributed by atoms with van der Waals surface area (Å²) < 4.78 is 16.6. The molecule has 0 aromatic heterocycles. The van der Waals surface area contributed by atoms with Crippen molar-refractivity contribution in [2.24, 2.45) is 11.3 Å². The normalized spacial score (nSPS) is 31.6. The second kappa shape index (κ2) is 7.54. The molecule has 3 aliphatic rings. The molecule has 7 nitrogen and oxygen atoms in total. The Morgan fingerprint density at radius 2 is 2.07 bits per heavy atom. The Morgan fingerprint density at radius 1 is 1.36 bits per heavy atom. The first-order valence-corrected chi connectivity index (χ1v) is 9.44. The van der Waals surface area contributed by atoms with Crippen LogP contribution in [0.3, 0.4) is 0 Å². The Labute approximate surface area is 164 Å². The number of hydrogen-bond acceptors (Lipinski definition) is 7. The van der Waals surface area contributed by atoms with Gasteiger partial charge in [0, 0.05) is 23.8 Å². The van der Waals surface area contributed by atoms with Crippen LogP contribution in [0.15, 0.2) is 35.5 Å². The van der Waals surface area contributed by atoms with Crippen molar-refractivity contribution in [2.75, 3.05) is 13.2 Å². The number of aliphatic hydroxyl groups excluding tert-OH is 1. The summed E-state index contributed by atoms with van der Waals surface area (Å²) in [6, 6.07) is 0. The summed E-state index contributed by atoms with van der Waals surface area (Å²) in [7, 11) is 0. The summed E-state index contributed by atoms with van der Waals surface area (Å²) in [4.78, 5) is 35.7. The summed E-state index contributed by atoms with van der Waals surface area (Å²) in [5.74, 6) is -1.55. The molecule has 1 N–H and O–H groups in total. The van der Waals surface area contributed by atoms with E-state index in [-0.39, 0.29) is 24.1 Å². The molecule has 28 heavy (non-hydrogen) atoms. The Bertz CT molecular complexity index is 778. The Balaban J connectivity index is 1.97. The summed E-state index contributed by atoms with van der Waals surface area (Å²) in [6.45, 7) is 10.4. The lowest BCUT2D eigenvalue weighted by atomic mass is 9.58. The van der Waals surface area contributed by atoms with Crippen molar-refractivity contribution in [3.05, 3.63) is 35.5 Å². The quantitative estimate of drug-likeness (QED) is 0.332. The van der Waals surface area contributed by atoms with E-state index in [4.69, 9.17) is 19.3 Å². The average molecular weight is 390 g/mol. The maximum absolute atomic E-state index is 12.2. The lowest BCUT2D eigenvalue weighted by Gasteiger charge is -2.49. The van der Waals surface area contributed by atoms with E-state index >= 15 is 0 Å². The third-order valence-electron chi connectivity index (χ3n) is 6.16. The minimum absolute atomic E-state index is 0.00537. The van der Waals surface area contributed by atoms with Crippen LogP contribution in [0.1, 0.15) is 39.5 Å². The van der Waals surface area contributed by atoms with Gasteiger partial charge in [0.2, 0.25) is 0 Å². The first-order valence-electron chi connectivity index (χ1n) is 9.44. The van der Waals surface area contributed by atoms with Crippen molar-refractivity contribution in [1.82, 2.24) is 0 Å². The molecule has 4 unspecified atom stereocenters. The molecule has 1 aliphatic heterocycles. The zero-order valence-electron chi connectivity index (χ0n) is 16.3. The summed E-state index contributed by atoms with van der Waals surface area (Å²) >= 11 is 0. The smallest absolute Gasteiger partial charge is 0.336 e. The van der Waals surface area contributed by atoms with E-state index < -0.39 is 36.2 Å². The number of carbonyl (C=O) groups excluding carboxylic acids is 3. The molecule has 0 radical (unpaired) electrons. The minimum atomic E-state index is -0.633. The van der Waals surface area contributed by atoms with Gasteiger partial charge in [0.1, 0.15) is 18.8 Å². The molecule has 1 heterocycles. The monoisotopic (exact) mass is 390 g/mol. The van der Waals surface area contributed by atoms with Crippen LogP contribution in [0.25, 0.3) is 0 Å². The molecule has 0 amide bonds. The number of aliphatic hydroxyl groups is 1. The number of esters is 3. The van der Waals surface area contributed by atoms with Gasteiger partial charge >= 0.3 is 17.9 Å². The van der Waals surface area contributed by atoms with Gasteiger partial charge in [-0.3, -0.25) is 4.79 Å². The first-order chi connectivity index (χ1) is 13.2. The van der Waals surface area contributed by atoms with Crippen LogP contribution in [0, 0.1) is 11.3 Å². The van der Waals surface area contributed by atoms with Crippen molar-refractivity contribution >= 4 is 17.9 Å². The van der Waals surface area contributed by atoms with E-state index in [0.29, 0.717) is 31.3 Å². The van der Waals surface area contributed by atoms with E-state index in [9.17, 15) is 14.4 Å². The summed E-state index contributed by atoms with van der Waals surface area (Å²) in [5.41, 5.74) is 1.66. The predicted molar refractivity (Wildman–Crippen MR) is 98.8 cm³/mol. The van der Waals surface area contributed by atoms with Gasteiger partial charge in [-0.1, -0.05) is 20.1 Å². The van der Waals surface area contributed by atoms with Gasteiger partial charge < -0.3 is 19.3 Å². The highest BCUT2D eigenvalue weighted by Crippen LogP contribution is 2.56. The van der Waals surface area contributed by atoms with E-state index in [1.54, 1.807) is 0 Å². The predicted octanol–water partition coefficient (Wildman–Crippen LogP) is 2.00. The van der Waals surface area contributed by atoms with Gasteiger partial charge in [-0.05, 0) is 36.8 Å². The summed E-state index contributed by atoms with van der Waals surface area (Å²) in [6.07, 6.45) is 1.53. The number of rotatable bonds is 5. The summed E-state index contributed by atoms with van der Waals surface area (Å²) in [5, 5.41) is 9.15. The van der Waals surface area contributed by atoms with Gasteiger partial charge in [-0.15, -0.1) is 0 Å².